The van der Waals surface area contributed by atoms with Crippen molar-refractivity contribution in [3.63, 3.8) is 0 Å². The lowest BCUT2D eigenvalue weighted by molar-refractivity contribution is 1.39. The number of rotatable bonds is 2. The zero-order valence-corrected chi connectivity index (χ0v) is 10.9. The molecule has 0 aliphatic carbocycles. The van der Waals surface area contributed by atoms with Crippen LogP contribution >= 0.6 is 0 Å². The molecule has 0 aromatic carbocycles. The Kier molecular flexibility index (Phi) is 3.23. The van der Waals surface area contributed by atoms with E-state index in [9.17, 15) is 0 Å². The van der Waals surface area contributed by atoms with Crippen LogP contribution in [0.4, 0.5) is 0 Å². The zero-order valence-electron chi connectivity index (χ0n) is 6.78. The van der Waals surface area contributed by atoms with E-state index in [0.717, 1.165) is 0 Å². The molecule has 0 N–H and O–H groups in total. The van der Waals surface area contributed by atoms with Crippen LogP contribution in [-0.2, 0) is 0 Å². The molecule has 0 aromatic rings. The van der Waals surface area contributed by atoms with Gasteiger partial charge < -0.3 is 0 Å². The van der Waals surface area contributed by atoms with Gasteiger partial charge in [-0.15, -0.1) is 0 Å². The maximum Gasteiger partial charge on any atom is 0.0339 e. The Labute approximate surface area is 58.3 Å². The van der Waals surface area contributed by atoms with E-state index in [4.69, 9.17) is 0 Å². The van der Waals surface area contributed by atoms with Crippen molar-refractivity contribution in [2.24, 2.45) is 0 Å². The smallest absolute Gasteiger partial charge is 0.0339 e. The van der Waals surface area contributed by atoms with Gasteiger partial charge in [0.15, 0.2) is 0 Å². The third-order valence-corrected chi connectivity index (χ3v) is 32.1. The van der Waals surface area contributed by atoms with Gasteiger partial charge in [0.25, 0.3) is 0 Å². The molecule has 0 aliphatic rings. The normalized spacial score (nSPS) is 16.5. The molecule has 0 bridgehead atoms. The van der Waals surface area contributed by atoms with E-state index in [1.165, 1.54) is 15.8 Å². The summed E-state index contributed by atoms with van der Waals surface area (Å²) in [5.74, 6) is 0. The molecular formula is C5H18Si3. The molecule has 0 rings (SSSR count). The lowest BCUT2D eigenvalue weighted by atomic mass is 11.0. The van der Waals surface area contributed by atoms with Crippen LogP contribution < -0.4 is 0 Å². The van der Waals surface area contributed by atoms with E-state index in [0.29, 0.717) is 0 Å². The molecule has 0 amide bonds. The van der Waals surface area contributed by atoms with Crippen molar-refractivity contribution in [1.29, 1.82) is 0 Å². The minimum atomic E-state index is -0.554. The Balaban J connectivity index is 3.71. The Bertz CT molecular complexity index is 68.1. The largest absolute Gasteiger partial charge is 0.0763 e. The van der Waals surface area contributed by atoms with Crippen molar-refractivity contribution in [2.75, 3.05) is 0 Å². The second-order valence-electron chi connectivity index (χ2n) is 3.50. The van der Waals surface area contributed by atoms with Gasteiger partial charge in [-0.25, -0.2) is 0 Å². The van der Waals surface area contributed by atoms with Crippen LogP contribution in [0, 0.1) is 0 Å². The average Bonchev–Trinajstić information content (AvgIpc) is 1.67. The summed E-state index contributed by atoms with van der Waals surface area (Å²) in [6, 6.07) is 1.52. The maximum atomic E-state index is 2.55. The summed E-state index contributed by atoms with van der Waals surface area (Å²) in [7, 11) is 0.882. The highest BCUT2D eigenvalue weighted by Gasteiger charge is 2.22. The number of hydrogen-bond donors (Lipinski definition) is 0. The molecule has 0 aliphatic heterocycles. The van der Waals surface area contributed by atoms with Crippen LogP contribution in [0.3, 0.4) is 0 Å². The molecule has 3 heteroatoms. The second kappa shape index (κ2) is 2.98. The van der Waals surface area contributed by atoms with Gasteiger partial charge in [-0.05, 0) is 9.76 Å². The highest BCUT2D eigenvalue weighted by atomic mass is 29.6. The topological polar surface area (TPSA) is 0 Å². The lowest BCUT2D eigenvalue weighted by Crippen LogP contribution is -2.43. The van der Waals surface area contributed by atoms with Gasteiger partial charge in [0.05, 0.1) is 0 Å². The van der Waals surface area contributed by atoms with Crippen molar-refractivity contribution in [3.05, 3.63) is 0 Å². The molecule has 0 radical (unpaired) electrons. The van der Waals surface area contributed by atoms with Gasteiger partial charge in [0, 0.05) is 15.4 Å². The summed E-state index contributed by atoms with van der Waals surface area (Å²) >= 11 is 0. The first-order valence-corrected chi connectivity index (χ1v) is 14.3. The summed E-state index contributed by atoms with van der Waals surface area (Å²) < 4.78 is 0. The van der Waals surface area contributed by atoms with Crippen LogP contribution in [0.5, 0.6) is 0 Å². The summed E-state index contributed by atoms with van der Waals surface area (Å²) in [6.07, 6.45) is 0. The van der Waals surface area contributed by atoms with Crippen LogP contribution in [0.15, 0.2) is 0 Å². The fraction of sp³-hybridized carbons (Fsp3) is 1.00. The van der Waals surface area contributed by atoms with Crippen molar-refractivity contribution in [3.8, 4) is 0 Å². The van der Waals surface area contributed by atoms with Gasteiger partial charge >= 0.3 is 0 Å². The minimum Gasteiger partial charge on any atom is -0.0763 e. The third-order valence-electron chi connectivity index (χ3n) is 2.47. The molecule has 0 aromatic heterocycles. The summed E-state index contributed by atoms with van der Waals surface area (Å²) in [6.45, 7) is 10.0. The van der Waals surface area contributed by atoms with Crippen LogP contribution in [-0.4, -0.2) is 25.2 Å². The molecule has 1 atom stereocenters. The molecule has 0 saturated carbocycles. The van der Waals surface area contributed by atoms with E-state index in [1.54, 1.807) is 0 Å². The first-order valence-electron chi connectivity index (χ1n) is 3.50. The van der Waals surface area contributed by atoms with Gasteiger partial charge in [0.2, 0.25) is 0 Å². The van der Waals surface area contributed by atoms with E-state index in [1.807, 2.05) is 0 Å². The van der Waals surface area contributed by atoms with Crippen molar-refractivity contribution in [1.82, 2.24) is 0 Å². The first-order chi connectivity index (χ1) is 3.50. The van der Waals surface area contributed by atoms with E-state index >= 15 is 0 Å². The molecule has 0 spiro atoms. The molecule has 50 valence electrons. The van der Waals surface area contributed by atoms with Gasteiger partial charge in [-0.1, -0.05) is 32.6 Å². The molecule has 0 heterocycles. The number of hydrogen-bond acceptors (Lipinski definition) is 0. The first kappa shape index (κ1) is 8.65. The molecule has 1 unspecified atom stereocenters. The van der Waals surface area contributed by atoms with Crippen LogP contribution in [0.1, 0.15) is 6.92 Å². The van der Waals surface area contributed by atoms with E-state index < -0.39 is 7.59 Å². The maximum absolute atomic E-state index is 2.55. The van der Waals surface area contributed by atoms with Crippen LogP contribution in [0.25, 0.3) is 0 Å². The Morgan fingerprint density at radius 3 is 1.88 bits per heavy atom. The van der Waals surface area contributed by atoms with Crippen molar-refractivity contribution >= 4 is 25.2 Å². The Hall–Kier alpha value is 0.651. The predicted molar refractivity (Wildman–Crippen MR) is 50.9 cm³/mol. The monoisotopic (exact) mass is 162 g/mol. The van der Waals surface area contributed by atoms with Gasteiger partial charge in [-0.2, -0.15) is 0 Å². The predicted octanol–water partition coefficient (Wildman–Crippen LogP) is 0.512. The van der Waals surface area contributed by atoms with Crippen molar-refractivity contribution < 1.29 is 0 Å². The SMILES string of the molecule is CC[Si](C)(C)[SiH](C)[SiH3]. The molecule has 8 heavy (non-hydrogen) atoms. The summed E-state index contributed by atoms with van der Waals surface area (Å²) in [5, 5.41) is 0. The van der Waals surface area contributed by atoms with E-state index in [2.05, 4.69) is 26.6 Å². The zero-order chi connectivity index (χ0) is 6.78. The fourth-order valence-electron chi connectivity index (χ4n) is 0.408. The van der Waals surface area contributed by atoms with Gasteiger partial charge in [0.1, 0.15) is 0 Å². The molecule has 0 nitrogen and oxygen atoms in total. The fourth-order valence-corrected chi connectivity index (χ4v) is 7.35. The summed E-state index contributed by atoms with van der Waals surface area (Å²) in [5.41, 5.74) is 0. The standard InChI is InChI=1S/C5H18Si3/c1-5-8(3,4)7(2)6/h7H,5H2,1-4,6H3. The Morgan fingerprint density at radius 2 is 1.88 bits per heavy atom. The lowest BCUT2D eigenvalue weighted by Gasteiger charge is -2.23. The van der Waals surface area contributed by atoms with Crippen molar-refractivity contribution in [2.45, 2.75) is 32.6 Å². The quantitative estimate of drug-likeness (QED) is 0.519. The minimum absolute atomic E-state index is 0.102. The summed E-state index contributed by atoms with van der Waals surface area (Å²) in [4.78, 5) is 0. The highest BCUT2D eigenvalue weighted by molar-refractivity contribution is 7.47. The second-order valence-corrected chi connectivity index (χ2v) is 27.3. The molecule has 0 saturated heterocycles. The van der Waals surface area contributed by atoms with Gasteiger partial charge in [-0.3, -0.25) is 0 Å². The molecular weight excluding hydrogens is 144 g/mol. The van der Waals surface area contributed by atoms with Crippen LogP contribution in [0.2, 0.25) is 25.7 Å². The third kappa shape index (κ3) is 2.28. The van der Waals surface area contributed by atoms with E-state index in [-0.39, 0.29) is 7.83 Å². The molecule has 0 fully saturated rings. The average molecular weight is 162 g/mol. The Morgan fingerprint density at radius 1 is 1.50 bits per heavy atom. The highest BCUT2D eigenvalue weighted by Crippen LogP contribution is 2.09.